The largest absolute Gasteiger partial charge is 0.350 e. The lowest BCUT2D eigenvalue weighted by molar-refractivity contribution is -0.125. The molecule has 0 fully saturated rings. The van der Waals surface area contributed by atoms with Gasteiger partial charge in [0.2, 0.25) is 5.91 Å². The minimum atomic E-state index is -0.298. The Kier molecular flexibility index (Phi) is 5.47. The number of nitrogens with one attached hydrogen (secondary N) is 1. The molecule has 4 nitrogen and oxygen atoms in total. The molecule has 1 aromatic heterocycles. The predicted molar refractivity (Wildman–Crippen MR) is 85.9 cm³/mol. The molecular weight excluding hydrogens is 282 g/mol. The van der Waals surface area contributed by atoms with Crippen LogP contribution in [0.2, 0.25) is 0 Å². The van der Waals surface area contributed by atoms with Gasteiger partial charge in [0, 0.05) is 11.4 Å². The van der Waals surface area contributed by atoms with Gasteiger partial charge in [0.1, 0.15) is 0 Å². The number of aryl methyl sites for hydroxylation is 1. The summed E-state index contributed by atoms with van der Waals surface area (Å²) >= 11 is 1.63. The number of nitrogens with zero attached hydrogens (tertiary/aromatic N) is 1. The molecule has 0 aliphatic heterocycles. The summed E-state index contributed by atoms with van der Waals surface area (Å²) in [6.45, 7) is 4.38. The number of thiazole rings is 1. The molecule has 3 N–H and O–H groups in total. The van der Waals surface area contributed by atoms with Crippen molar-refractivity contribution in [2.45, 2.75) is 32.9 Å². The molecule has 2 aromatic rings. The van der Waals surface area contributed by atoms with Crippen LogP contribution in [0, 0.1) is 5.92 Å². The molecule has 2 atom stereocenters. The lowest BCUT2D eigenvalue weighted by Crippen LogP contribution is -2.35. The van der Waals surface area contributed by atoms with Crippen LogP contribution in [-0.2, 0) is 17.8 Å². The summed E-state index contributed by atoms with van der Waals surface area (Å²) in [5.41, 5.74) is 8.04. The zero-order valence-electron chi connectivity index (χ0n) is 12.4. The summed E-state index contributed by atoms with van der Waals surface area (Å²) < 4.78 is 0. The minimum Gasteiger partial charge on any atom is -0.350 e. The van der Waals surface area contributed by atoms with Gasteiger partial charge in [-0.15, -0.1) is 11.3 Å². The Hall–Kier alpha value is -1.72. The van der Waals surface area contributed by atoms with Gasteiger partial charge in [0.15, 0.2) is 0 Å². The van der Waals surface area contributed by atoms with E-state index in [-0.39, 0.29) is 17.9 Å². The number of aromatic nitrogens is 1. The number of hydrogen-bond donors (Lipinski definition) is 2. The molecule has 1 aromatic carbocycles. The Morgan fingerprint density at radius 3 is 2.71 bits per heavy atom. The normalized spacial score (nSPS) is 13.7. The van der Waals surface area contributed by atoms with Crippen LogP contribution in [0.5, 0.6) is 0 Å². The van der Waals surface area contributed by atoms with E-state index in [0.717, 1.165) is 22.7 Å². The smallest absolute Gasteiger partial charge is 0.225 e. The van der Waals surface area contributed by atoms with Crippen molar-refractivity contribution in [3.05, 3.63) is 52.0 Å². The monoisotopic (exact) mass is 303 g/mol. The highest BCUT2D eigenvalue weighted by Gasteiger charge is 2.21. The first-order valence-electron chi connectivity index (χ1n) is 7.13. The van der Waals surface area contributed by atoms with Crippen LogP contribution in [-0.4, -0.2) is 10.9 Å². The van der Waals surface area contributed by atoms with E-state index in [4.69, 9.17) is 5.73 Å². The molecule has 112 valence electrons. The molecular formula is C16H21N3OS. The van der Waals surface area contributed by atoms with E-state index >= 15 is 0 Å². The number of nitrogens with two attached hydrogens (primary N) is 1. The molecule has 0 spiro atoms. The van der Waals surface area contributed by atoms with Crippen LogP contribution in [0.4, 0.5) is 0 Å². The number of rotatable bonds is 6. The average Bonchev–Trinajstić information content (AvgIpc) is 3.00. The minimum absolute atomic E-state index is 0.0441. The Morgan fingerprint density at radius 1 is 1.38 bits per heavy atom. The second kappa shape index (κ2) is 7.33. The van der Waals surface area contributed by atoms with Crippen molar-refractivity contribution < 1.29 is 4.79 Å². The Bertz CT molecular complexity index is 582. The van der Waals surface area contributed by atoms with E-state index in [0.29, 0.717) is 6.54 Å². The van der Waals surface area contributed by atoms with Crippen molar-refractivity contribution in [1.29, 1.82) is 0 Å². The van der Waals surface area contributed by atoms with Crippen LogP contribution < -0.4 is 11.1 Å². The second-order valence-electron chi connectivity index (χ2n) is 5.03. The highest BCUT2D eigenvalue weighted by atomic mass is 32.1. The predicted octanol–water partition coefficient (Wildman–Crippen LogP) is 2.66. The van der Waals surface area contributed by atoms with Gasteiger partial charge in [0.25, 0.3) is 0 Å². The van der Waals surface area contributed by atoms with Crippen molar-refractivity contribution in [3.8, 4) is 0 Å². The zero-order valence-corrected chi connectivity index (χ0v) is 13.2. The van der Waals surface area contributed by atoms with Gasteiger partial charge in [0.05, 0.1) is 23.2 Å². The molecule has 21 heavy (non-hydrogen) atoms. The molecule has 1 heterocycles. The molecule has 5 heteroatoms. The number of carbonyl (C=O) groups excluding carboxylic acids is 1. The van der Waals surface area contributed by atoms with E-state index < -0.39 is 0 Å². The molecule has 0 bridgehead atoms. The van der Waals surface area contributed by atoms with Gasteiger partial charge in [-0.3, -0.25) is 4.79 Å². The third-order valence-corrected chi connectivity index (χ3v) is 4.52. The van der Waals surface area contributed by atoms with E-state index in [2.05, 4.69) is 17.2 Å². The first kappa shape index (κ1) is 15.7. The van der Waals surface area contributed by atoms with Gasteiger partial charge in [-0.05, 0) is 12.0 Å². The number of hydrogen-bond acceptors (Lipinski definition) is 4. The molecule has 0 aliphatic rings. The van der Waals surface area contributed by atoms with Gasteiger partial charge in [-0.1, -0.05) is 44.2 Å². The maximum absolute atomic E-state index is 12.2. The first-order valence-corrected chi connectivity index (χ1v) is 8.01. The zero-order chi connectivity index (χ0) is 15.2. The van der Waals surface area contributed by atoms with E-state index in [1.165, 1.54) is 0 Å². The van der Waals surface area contributed by atoms with Gasteiger partial charge in [-0.25, -0.2) is 4.98 Å². The lowest BCUT2D eigenvalue weighted by atomic mass is 9.95. The highest BCUT2D eigenvalue weighted by Crippen LogP contribution is 2.19. The lowest BCUT2D eigenvalue weighted by Gasteiger charge is -2.19. The van der Waals surface area contributed by atoms with E-state index in [1.807, 2.05) is 42.6 Å². The second-order valence-corrected chi connectivity index (χ2v) is 5.97. The number of amides is 1. The first-order chi connectivity index (χ1) is 10.1. The van der Waals surface area contributed by atoms with Crippen LogP contribution in [0.15, 0.2) is 35.7 Å². The fourth-order valence-corrected chi connectivity index (χ4v) is 2.80. The fraction of sp³-hybridized carbons (Fsp3) is 0.375. The van der Waals surface area contributed by atoms with Crippen molar-refractivity contribution in [2.75, 3.05) is 0 Å². The van der Waals surface area contributed by atoms with Gasteiger partial charge < -0.3 is 11.1 Å². The summed E-state index contributed by atoms with van der Waals surface area (Å²) in [7, 11) is 0. The summed E-state index contributed by atoms with van der Waals surface area (Å²) in [5, 5.41) is 5.99. The van der Waals surface area contributed by atoms with E-state index in [9.17, 15) is 4.79 Å². The van der Waals surface area contributed by atoms with Gasteiger partial charge in [-0.2, -0.15) is 0 Å². The molecule has 2 unspecified atom stereocenters. The van der Waals surface area contributed by atoms with Crippen molar-refractivity contribution in [2.24, 2.45) is 11.7 Å². The van der Waals surface area contributed by atoms with Crippen LogP contribution in [0.25, 0.3) is 0 Å². The maximum Gasteiger partial charge on any atom is 0.225 e. The molecule has 1 amide bonds. The quantitative estimate of drug-likeness (QED) is 0.862. The highest BCUT2D eigenvalue weighted by molar-refractivity contribution is 7.09. The molecule has 0 aliphatic carbocycles. The number of carbonyl (C=O) groups is 1. The average molecular weight is 303 g/mol. The molecule has 0 radical (unpaired) electrons. The maximum atomic E-state index is 12.2. The summed E-state index contributed by atoms with van der Waals surface area (Å²) in [4.78, 5) is 16.6. The van der Waals surface area contributed by atoms with E-state index in [1.54, 1.807) is 11.3 Å². The third kappa shape index (κ3) is 4.12. The third-order valence-electron chi connectivity index (χ3n) is 3.48. The summed E-state index contributed by atoms with van der Waals surface area (Å²) in [6, 6.07) is 9.40. The van der Waals surface area contributed by atoms with Crippen molar-refractivity contribution in [1.82, 2.24) is 10.3 Å². The molecule has 2 rings (SSSR count). The van der Waals surface area contributed by atoms with Crippen LogP contribution in [0.3, 0.4) is 0 Å². The van der Waals surface area contributed by atoms with Gasteiger partial charge >= 0.3 is 0 Å². The topological polar surface area (TPSA) is 68.0 Å². The Balaban J connectivity index is 1.90. The van der Waals surface area contributed by atoms with Crippen LogP contribution >= 0.6 is 11.3 Å². The molecule has 0 saturated heterocycles. The molecule has 0 saturated carbocycles. The standard InChI is InChI=1S/C16H21N3OS/c1-3-14-19-13(10-21-14)9-18-16(20)11(2)15(17)12-7-5-4-6-8-12/h4-8,10-11,15H,3,9,17H2,1-2H3,(H,18,20). The summed E-state index contributed by atoms with van der Waals surface area (Å²) in [5.74, 6) is -0.325. The van der Waals surface area contributed by atoms with Crippen molar-refractivity contribution in [3.63, 3.8) is 0 Å². The van der Waals surface area contributed by atoms with Crippen LogP contribution in [0.1, 0.15) is 36.2 Å². The Morgan fingerprint density at radius 2 is 2.10 bits per heavy atom. The Labute approximate surface area is 129 Å². The fourth-order valence-electron chi connectivity index (χ4n) is 2.06. The summed E-state index contributed by atoms with van der Waals surface area (Å²) in [6.07, 6.45) is 0.925. The SMILES string of the molecule is CCc1nc(CNC(=O)C(C)C(N)c2ccccc2)cs1. The van der Waals surface area contributed by atoms with Crippen molar-refractivity contribution >= 4 is 17.2 Å². The number of benzene rings is 1.